The molecule has 6 heteroatoms. The second-order valence-corrected chi connectivity index (χ2v) is 4.88. The number of nitrogens with one attached hydrogen (secondary N) is 1. The zero-order valence-electron chi connectivity index (χ0n) is 9.93. The topological polar surface area (TPSA) is 94.0 Å². The molecular weight excluding hydrogens is 248 g/mol. The number of pyridine rings is 1. The number of anilines is 2. The Morgan fingerprint density at radius 2 is 2.22 bits per heavy atom. The maximum absolute atomic E-state index is 11.0. The highest BCUT2D eigenvalue weighted by molar-refractivity contribution is 7.10. The molecule has 1 amide bonds. The molecule has 0 aliphatic carbocycles. The van der Waals surface area contributed by atoms with Crippen molar-refractivity contribution in [2.45, 2.75) is 13.5 Å². The molecule has 5 nitrogen and oxygen atoms in total. The number of nitrogen functional groups attached to an aromatic ring is 1. The van der Waals surface area contributed by atoms with Crippen LogP contribution in [-0.2, 0) is 6.54 Å². The summed E-state index contributed by atoms with van der Waals surface area (Å²) in [6, 6.07) is 5.19. The molecule has 2 heterocycles. The fourth-order valence-corrected chi connectivity index (χ4v) is 2.34. The van der Waals surface area contributed by atoms with Gasteiger partial charge >= 0.3 is 0 Å². The summed E-state index contributed by atoms with van der Waals surface area (Å²) in [7, 11) is 0. The number of thiophene rings is 1. The Balaban J connectivity index is 2.16. The number of nitrogens with zero attached hydrogens (tertiary/aromatic N) is 1. The van der Waals surface area contributed by atoms with Crippen LogP contribution in [0.5, 0.6) is 0 Å². The molecule has 2 aromatic rings. The lowest BCUT2D eigenvalue weighted by Crippen LogP contribution is -2.15. The lowest BCUT2D eigenvalue weighted by molar-refractivity contribution is 0.0996. The van der Waals surface area contributed by atoms with Crippen molar-refractivity contribution in [2.24, 2.45) is 5.73 Å². The number of aromatic nitrogens is 1. The number of carbonyl (C=O) groups excluding carboxylic acids is 1. The molecule has 0 atom stereocenters. The number of rotatable bonds is 4. The Kier molecular flexibility index (Phi) is 3.47. The van der Waals surface area contributed by atoms with E-state index in [1.807, 2.05) is 12.3 Å². The van der Waals surface area contributed by atoms with Crippen molar-refractivity contribution >= 4 is 28.7 Å². The molecule has 0 aliphatic rings. The van der Waals surface area contributed by atoms with Crippen molar-refractivity contribution < 1.29 is 4.79 Å². The quantitative estimate of drug-likeness (QED) is 0.782. The molecule has 0 spiro atoms. The van der Waals surface area contributed by atoms with Crippen LogP contribution in [0.15, 0.2) is 23.6 Å². The van der Waals surface area contributed by atoms with Gasteiger partial charge in [-0.15, -0.1) is 11.3 Å². The van der Waals surface area contributed by atoms with E-state index in [9.17, 15) is 4.79 Å². The van der Waals surface area contributed by atoms with Gasteiger partial charge in [0.15, 0.2) is 0 Å². The van der Waals surface area contributed by atoms with E-state index >= 15 is 0 Å². The molecule has 2 rings (SSSR count). The van der Waals surface area contributed by atoms with Crippen molar-refractivity contribution in [3.8, 4) is 0 Å². The summed E-state index contributed by atoms with van der Waals surface area (Å²) in [5.41, 5.74) is 12.9. The first kappa shape index (κ1) is 12.4. The van der Waals surface area contributed by atoms with Gasteiger partial charge in [-0.05, 0) is 36.1 Å². The molecule has 2 aromatic heterocycles. The van der Waals surface area contributed by atoms with Crippen molar-refractivity contribution in [3.05, 3.63) is 39.7 Å². The number of amides is 1. The van der Waals surface area contributed by atoms with Gasteiger partial charge in [0.1, 0.15) is 11.5 Å². The predicted octanol–water partition coefficient (Wildman–Crippen LogP) is 1.74. The van der Waals surface area contributed by atoms with E-state index in [-0.39, 0.29) is 5.69 Å². The first-order valence-electron chi connectivity index (χ1n) is 5.41. The lowest BCUT2D eigenvalue weighted by atomic mass is 10.3. The number of nitrogens with two attached hydrogens (primary N) is 2. The van der Waals surface area contributed by atoms with E-state index in [4.69, 9.17) is 11.5 Å². The summed E-state index contributed by atoms with van der Waals surface area (Å²) in [6.45, 7) is 2.67. The van der Waals surface area contributed by atoms with Crippen LogP contribution in [-0.4, -0.2) is 10.9 Å². The summed E-state index contributed by atoms with van der Waals surface area (Å²) in [4.78, 5) is 16.3. The summed E-state index contributed by atoms with van der Waals surface area (Å²) in [5.74, 6) is -0.0792. The number of primary amides is 1. The Labute approximate surface area is 109 Å². The molecule has 0 aromatic carbocycles. The van der Waals surface area contributed by atoms with Crippen LogP contribution in [0, 0.1) is 6.92 Å². The summed E-state index contributed by atoms with van der Waals surface area (Å²) in [6.07, 6.45) is 0. The first-order chi connectivity index (χ1) is 8.58. The highest BCUT2D eigenvalue weighted by Gasteiger charge is 2.07. The van der Waals surface area contributed by atoms with Crippen LogP contribution in [0.2, 0.25) is 0 Å². The van der Waals surface area contributed by atoms with E-state index in [0.717, 1.165) is 0 Å². The van der Waals surface area contributed by atoms with Crippen molar-refractivity contribution in [1.29, 1.82) is 0 Å². The fourth-order valence-electron chi connectivity index (χ4n) is 1.50. The minimum absolute atomic E-state index is 0.203. The summed E-state index contributed by atoms with van der Waals surface area (Å²) < 4.78 is 0. The monoisotopic (exact) mass is 262 g/mol. The molecule has 0 bridgehead atoms. The molecule has 0 saturated carbocycles. The highest BCUT2D eigenvalue weighted by Crippen LogP contribution is 2.20. The summed E-state index contributed by atoms with van der Waals surface area (Å²) >= 11 is 1.66. The second-order valence-electron chi connectivity index (χ2n) is 3.88. The number of hydrogen-bond acceptors (Lipinski definition) is 5. The largest absolute Gasteiger partial charge is 0.396 e. The van der Waals surface area contributed by atoms with Crippen LogP contribution in [0.4, 0.5) is 11.5 Å². The Morgan fingerprint density at radius 3 is 2.83 bits per heavy atom. The Bertz CT molecular complexity index is 579. The zero-order valence-corrected chi connectivity index (χ0v) is 10.8. The second kappa shape index (κ2) is 5.05. The minimum atomic E-state index is -0.564. The first-order valence-corrected chi connectivity index (χ1v) is 6.29. The third-order valence-corrected chi connectivity index (χ3v) is 3.59. The van der Waals surface area contributed by atoms with Gasteiger partial charge in [0.05, 0.1) is 12.2 Å². The van der Waals surface area contributed by atoms with Crippen LogP contribution in [0.25, 0.3) is 0 Å². The number of aryl methyl sites for hydroxylation is 1. The molecule has 0 saturated heterocycles. The van der Waals surface area contributed by atoms with Gasteiger partial charge in [0, 0.05) is 4.88 Å². The third kappa shape index (κ3) is 2.60. The Morgan fingerprint density at radius 1 is 1.44 bits per heavy atom. The van der Waals surface area contributed by atoms with E-state index in [2.05, 4.69) is 16.4 Å². The normalized spacial score (nSPS) is 10.3. The van der Waals surface area contributed by atoms with Crippen molar-refractivity contribution in [3.63, 3.8) is 0 Å². The van der Waals surface area contributed by atoms with Crippen molar-refractivity contribution in [2.75, 3.05) is 11.1 Å². The molecule has 0 fully saturated rings. The Hall–Kier alpha value is -2.08. The van der Waals surface area contributed by atoms with Crippen LogP contribution in [0.3, 0.4) is 0 Å². The molecule has 0 unspecified atom stereocenters. The van der Waals surface area contributed by atoms with Gasteiger partial charge in [-0.2, -0.15) is 0 Å². The standard InChI is InChI=1S/C12H14N4OS/c1-7-4-5-18-10(7)6-15-12-8(13)2-3-9(16-12)11(14)17/h2-5H,6,13H2,1H3,(H2,14,17)(H,15,16). The molecule has 0 aliphatic heterocycles. The maximum Gasteiger partial charge on any atom is 0.267 e. The smallest absolute Gasteiger partial charge is 0.267 e. The van der Waals surface area contributed by atoms with Gasteiger partial charge in [-0.1, -0.05) is 0 Å². The predicted molar refractivity (Wildman–Crippen MR) is 73.5 cm³/mol. The SMILES string of the molecule is Cc1ccsc1CNc1nc(C(N)=O)ccc1N. The average molecular weight is 262 g/mol. The van der Waals surface area contributed by atoms with Gasteiger partial charge in [-0.25, -0.2) is 4.98 Å². The van der Waals surface area contributed by atoms with Gasteiger partial charge in [0.2, 0.25) is 0 Å². The van der Waals surface area contributed by atoms with E-state index < -0.39 is 5.91 Å². The van der Waals surface area contributed by atoms with Crippen LogP contribution < -0.4 is 16.8 Å². The minimum Gasteiger partial charge on any atom is -0.396 e. The number of hydrogen-bond donors (Lipinski definition) is 3. The summed E-state index contributed by atoms with van der Waals surface area (Å²) in [5, 5.41) is 5.15. The molecule has 0 radical (unpaired) electrons. The third-order valence-electron chi connectivity index (χ3n) is 2.56. The molecule has 94 valence electrons. The maximum atomic E-state index is 11.0. The van der Waals surface area contributed by atoms with E-state index in [1.54, 1.807) is 17.4 Å². The van der Waals surface area contributed by atoms with E-state index in [1.165, 1.54) is 16.5 Å². The lowest BCUT2D eigenvalue weighted by Gasteiger charge is -2.08. The van der Waals surface area contributed by atoms with Gasteiger partial charge in [-0.3, -0.25) is 4.79 Å². The fraction of sp³-hybridized carbons (Fsp3) is 0.167. The van der Waals surface area contributed by atoms with Crippen LogP contribution in [0.1, 0.15) is 20.9 Å². The van der Waals surface area contributed by atoms with E-state index in [0.29, 0.717) is 18.1 Å². The molecular formula is C12H14N4OS. The van der Waals surface area contributed by atoms with Crippen LogP contribution >= 0.6 is 11.3 Å². The average Bonchev–Trinajstić information content (AvgIpc) is 2.73. The van der Waals surface area contributed by atoms with Crippen molar-refractivity contribution in [1.82, 2.24) is 4.98 Å². The van der Waals surface area contributed by atoms with Gasteiger partial charge < -0.3 is 16.8 Å². The van der Waals surface area contributed by atoms with Gasteiger partial charge in [0.25, 0.3) is 5.91 Å². The highest BCUT2D eigenvalue weighted by atomic mass is 32.1. The molecule has 5 N–H and O–H groups in total. The zero-order chi connectivity index (χ0) is 13.1. The number of carbonyl (C=O) groups is 1. The molecule has 18 heavy (non-hydrogen) atoms.